The summed E-state index contributed by atoms with van der Waals surface area (Å²) in [5.41, 5.74) is 2.95. The number of rotatable bonds is 5. The van der Waals surface area contributed by atoms with Gasteiger partial charge in [-0.2, -0.15) is 10.2 Å². The van der Waals surface area contributed by atoms with Crippen LogP contribution in [0, 0.1) is 0 Å². The first kappa shape index (κ1) is 18.1. The van der Waals surface area contributed by atoms with Crippen LogP contribution in [0.4, 0.5) is 5.13 Å². The summed E-state index contributed by atoms with van der Waals surface area (Å²) in [6.45, 7) is 4.03. The molecule has 9 heteroatoms. The van der Waals surface area contributed by atoms with E-state index >= 15 is 0 Å². The van der Waals surface area contributed by atoms with Crippen molar-refractivity contribution in [3.63, 3.8) is 0 Å². The third-order valence-electron chi connectivity index (χ3n) is 4.41. The zero-order valence-electron chi connectivity index (χ0n) is 15.4. The van der Waals surface area contributed by atoms with E-state index in [1.807, 2.05) is 19.1 Å². The number of amides is 1. The minimum absolute atomic E-state index is 0.276. The molecular weight excluding hydrogens is 376 g/mol. The predicted octanol–water partition coefficient (Wildman–Crippen LogP) is 2.94. The highest BCUT2D eigenvalue weighted by molar-refractivity contribution is 7.22. The molecule has 2 N–H and O–H groups in total. The van der Waals surface area contributed by atoms with Crippen molar-refractivity contribution in [3.05, 3.63) is 63.7 Å². The van der Waals surface area contributed by atoms with Crippen molar-refractivity contribution < 1.29 is 4.79 Å². The van der Waals surface area contributed by atoms with Crippen LogP contribution in [0.2, 0.25) is 0 Å². The van der Waals surface area contributed by atoms with Crippen molar-refractivity contribution in [1.29, 1.82) is 0 Å². The molecular formula is C19H18N6O2S. The van der Waals surface area contributed by atoms with Crippen LogP contribution in [0.3, 0.4) is 0 Å². The molecule has 0 bridgehead atoms. The Morgan fingerprint density at radius 3 is 2.79 bits per heavy atom. The van der Waals surface area contributed by atoms with E-state index in [-0.39, 0.29) is 11.5 Å². The summed E-state index contributed by atoms with van der Waals surface area (Å²) in [6.07, 6.45) is 3.03. The molecule has 0 spiro atoms. The molecule has 0 saturated carbocycles. The van der Waals surface area contributed by atoms with Crippen LogP contribution in [0.5, 0.6) is 0 Å². The number of aromatic nitrogens is 5. The Morgan fingerprint density at radius 2 is 2.07 bits per heavy atom. The number of benzene rings is 1. The fourth-order valence-corrected chi connectivity index (χ4v) is 3.89. The van der Waals surface area contributed by atoms with Crippen LogP contribution in [0.15, 0.2) is 41.3 Å². The third-order valence-corrected chi connectivity index (χ3v) is 5.34. The van der Waals surface area contributed by atoms with E-state index in [9.17, 15) is 9.59 Å². The first-order valence-corrected chi connectivity index (χ1v) is 9.74. The second kappa shape index (κ2) is 7.35. The van der Waals surface area contributed by atoms with E-state index in [4.69, 9.17) is 0 Å². The minimum atomic E-state index is -0.297. The lowest BCUT2D eigenvalue weighted by Gasteiger charge is -2.06. The van der Waals surface area contributed by atoms with Gasteiger partial charge in [-0.3, -0.25) is 14.9 Å². The number of carbonyl (C=O) groups excluding carboxylic acids is 1. The van der Waals surface area contributed by atoms with Crippen LogP contribution in [0.25, 0.3) is 16.0 Å². The summed E-state index contributed by atoms with van der Waals surface area (Å²) < 4.78 is 2.59. The highest BCUT2D eigenvalue weighted by Gasteiger charge is 2.19. The monoisotopic (exact) mass is 394 g/mol. The molecule has 142 valence electrons. The van der Waals surface area contributed by atoms with Gasteiger partial charge in [0.2, 0.25) is 0 Å². The molecule has 0 aliphatic rings. The van der Waals surface area contributed by atoms with Gasteiger partial charge in [0.15, 0.2) is 10.9 Å². The van der Waals surface area contributed by atoms with Crippen molar-refractivity contribution in [2.24, 2.45) is 0 Å². The molecule has 28 heavy (non-hydrogen) atoms. The first-order valence-electron chi connectivity index (χ1n) is 8.93. The van der Waals surface area contributed by atoms with Crippen LogP contribution in [0.1, 0.15) is 35.5 Å². The van der Waals surface area contributed by atoms with Gasteiger partial charge in [-0.1, -0.05) is 31.3 Å². The van der Waals surface area contributed by atoms with E-state index in [0.717, 1.165) is 16.6 Å². The summed E-state index contributed by atoms with van der Waals surface area (Å²) in [5, 5.41) is 14.0. The largest absolute Gasteiger partial charge is 0.298 e. The number of nitrogens with one attached hydrogen (secondary N) is 2. The number of aryl methyl sites for hydroxylation is 1. The third kappa shape index (κ3) is 3.31. The molecule has 4 rings (SSSR count). The van der Waals surface area contributed by atoms with Crippen molar-refractivity contribution in [3.8, 4) is 5.82 Å². The number of nitrogens with zero attached hydrogens (tertiary/aromatic N) is 4. The van der Waals surface area contributed by atoms with Gasteiger partial charge in [0, 0.05) is 6.07 Å². The zero-order chi connectivity index (χ0) is 19.7. The Labute approximate surface area is 164 Å². The maximum atomic E-state index is 12.8. The first-order chi connectivity index (χ1) is 13.6. The number of carbonyl (C=O) groups is 1. The van der Waals surface area contributed by atoms with Crippen LogP contribution in [-0.4, -0.2) is 30.9 Å². The maximum absolute atomic E-state index is 12.8. The number of hydrogen-bond acceptors (Lipinski definition) is 6. The van der Waals surface area contributed by atoms with Crippen molar-refractivity contribution in [2.45, 2.75) is 26.7 Å². The van der Waals surface area contributed by atoms with Crippen LogP contribution in [-0.2, 0) is 12.8 Å². The van der Waals surface area contributed by atoms with Gasteiger partial charge in [0.05, 0.1) is 27.7 Å². The summed E-state index contributed by atoms with van der Waals surface area (Å²) >= 11 is 1.45. The number of aromatic amines is 1. The normalized spacial score (nSPS) is 11.1. The number of fused-ring (bicyclic) bond motifs is 1. The average Bonchev–Trinajstić information content (AvgIpc) is 3.31. The van der Waals surface area contributed by atoms with Crippen molar-refractivity contribution in [2.75, 3.05) is 5.32 Å². The quantitative estimate of drug-likeness (QED) is 0.541. The number of anilines is 1. The van der Waals surface area contributed by atoms with Gasteiger partial charge in [-0.15, -0.1) is 0 Å². The highest BCUT2D eigenvalue weighted by atomic mass is 32.1. The zero-order valence-corrected chi connectivity index (χ0v) is 16.2. The molecule has 0 aliphatic carbocycles. The summed E-state index contributed by atoms with van der Waals surface area (Å²) in [4.78, 5) is 28.5. The van der Waals surface area contributed by atoms with Gasteiger partial charge < -0.3 is 0 Å². The number of hydrogen-bond donors (Lipinski definition) is 2. The standard InChI is InChI=1S/C19H18N6O2S/c1-3-11-5-6-13-15(9-11)28-19(21-13)22-18(27)12-10-20-25(14(12)4-2)16-7-8-17(26)24-23-16/h5-10H,3-4H2,1-2H3,(H,24,26)(H,21,22,27). The molecule has 1 amide bonds. The fourth-order valence-electron chi connectivity index (χ4n) is 2.96. The van der Waals surface area contributed by atoms with E-state index in [1.165, 1.54) is 29.2 Å². The Morgan fingerprint density at radius 1 is 1.21 bits per heavy atom. The number of H-pyrrole nitrogens is 1. The molecule has 0 fully saturated rings. The highest BCUT2D eigenvalue weighted by Crippen LogP contribution is 2.27. The summed E-state index contributed by atoms with van der Waals surface area (Å²) in [7, 11) is 0. The predicted molar refractivity (Wildman–Crippen MR) is 108 cm³/mol. The smallest absolute Gasteiger partial charge is 0.264 e. The van der Waals surface area contributed by atoms with Gasteiger partial charge in [-0.05, 0) is 36.6 Å². The van der Waals surface area contributed by atoms with Crippen LogP contribution >= 0.6 is 11.3 Å². The Kier molecular flexibility index (Phi) is 4.74. The van der Waals surface area contributed by atoms with Gasteiger partial charge >= 0.3 is 0 Å². The molecule has 3 aromatic heterocycles. The van der Waals surface area contributed by atoms with E-state index < -0.39 is 0 Å². The molecule has 0 unspecified atom stereocenters. The topological polar surface area (TPSA) is 106 Å². The number of thiazole rings is 1. The van der Waals surface area contributed by atoms with Gasteiger partial charge in [0.1, 0.15) is 0 Å². The Hall–Kier alpha value is -3.33. The van der Waals surface area contributed by atoms with E-state index in [1.54, 1.807) is 10.7 Å². The lowest BCUT2D eigenvalue weighted by Crippen LogP contribution is -2.15. The molecule has 0 atom stereocenters. The van der Waals surface area contributed by atoms with E-state index in [2.05, 4.69) is 38.6 Å². The SMILES string of the molecule is CCc1ccc2nc(NC(=O)c3cnn(-c4ccc(=O)[nH]n4)c3CC)sc2c1. The molecule has 0 radical (unpaired) electrons. The van der Waals surface area contributed by atoms with Gasteiger partial charge in [0.25, 0.3) is 11.5 Å². The lowest BCUT2D eigenvalue weighted by atomic mass is 10.2. The second-order valence-electron chi connectivity index (χ2n) is 6.18. The molecule has 1 aromatic carbocycles. The second-order valence-corrected chi connectivity index (χ2v) is 7.21. The molecule has 4 aromatic rings. The minimum Gasteiger partial charge on any atom is -0.298 e. The molecule has 0 saturated heterocycles. The lowest BCUT2D eigenvalue weighted by molar-refractivity contribution is 0.102. The van der Waals surface area contributed by atoms with Gasteiger partial charge in [-0.25, -0.2) is 14.8 Å². The van der Waals surface area contributed by atoms with Crippen molar-refractivity contribution in [1.82, 2.24) is 25.0 Å². The molecule has 8 nitrogen and oxygen atoms in total. The Bertz CT molecular complexity index is 1200. The Balaban J connectivity index is 1.63. The summed E-state index contributed by atoms with van der Waals surface area (Å²) in [5.74, 6) is 0.171. The summed E-state index contributed by atoms with van der Waals surface area (Å²) in [6, 6.07) is 9.04. The average molecular weight is 394 g/mol. The van der Waals surface area contributed by atoms with Crippen LogP contribution < -0.4 is 10.9 Å². The maximum Gasteiger partial charge on any atom is 0.264 e. The molecule has 0 aliphatic heterocycles. The molecule has 3 heterocycles. The fraction of sp³-hybridized carbons (Fsp3) is 0.211. The van der Waals surface area contributed by atoms with Crippen molar-refractivity contribution >= 4 is 32.6 Å². The van der Waals surface area contributed by atoms with E-state index in [0.29, 0.717) is 28.6 Å².